The SMILES string of the molecule is CCc1ccc(C(=O)CCSC(C)C)cc1. The van der Waals surface area contributed by atoms with Gasteiger partial charge in [0, 0.05) is 17.7 Å². The van der Waals surface area contributed by atoms with Crippen molar-refractivity contribution in [2.45, 2.75) is 38.9 Å². The van der Waals surface area contributed by atoms with Crippen molar-refractivity contribution in [3.8, 4) is 0 Å². The summed E-state index contributed by atoms with van der Waals surface area (Å²) in [5, 5.41) is 0.607. The van der Waals surface area contributed by atoms with Gasteiger partial charge in [0.1, 0.15) is 0 Å². The molecule has 1 rings (SSSR count). The molecule has 0 unspecified atom stereocenters. The van der Waals surface area contributed by atoms with Gasteiger partial charge in [0.05, 0.1) is 0 Å². The number of hydrogen-bond donors (Lipinski definition) is 0. The highest BCUT2D eigenvalue weighted by molar-refractivity contribution is 7.99. The Labute approximate surface area is 103 Å². The molecule has 88 valence electrons. The molecule has 0 aliphatic heterocycles. The predicted octanol–water partition coefficient (Wildman–Crippen LogP) is 3.96. The third-order valence-corrected chi connectivity index (χ3v) is 3.57. The quantitative estimate of drug-likeness (QED) is 0.695. The molecular formula is C14H20OS. The van der Waals surface area contributed by atoms with Crippen LogP contribution in [0.1, 0.15) is 43.1 Å². The maximum atomic E-state index is 11.8. The number of Topliss-reactive ketones (excluding diaryl/α,β-unsaturated/α-hetero) is 1. The van der Waals surface area contributed by atoms with Crippen molar-refractivity contribution >= 4 is 17.5 Å². The van der Waals surface area contributed by atoms with Crippen molar-refractivity contribution in [3.63, 3.8) is 0 Å². The fourth-order valence-electron chi connectivity index (χ4n) is 1.46. The van der Waals surface area contributed by atoms with Crippen LogP contribution in [-0.4, -0.2) is 16.8 Å². The molecule has 0 saturated heterocycles. The maximum absolute atomic E-state index is 11.8. The molecule has 0 radical (unpaired) electrons. The summed E-state index contributed by atoms with van der Waals surface area (Å²) in [4.78, 5) is 11.8. The summed E-state index contributed by atoms with van der Waals surface area (Å²) < 4.78 is 0. The minimum atomic E-state index is 0.260. The molecule has 1 nitrogen and oxygen atoms in total. The lowest BCUT2D eigenvalue weighted by Crippen LogP contribution is -2.02. The van der Waals surface area contributed by atoms with Gasteiger partial charge in [-0.25, -0.2) is 0 Å². The standard InChI is InChI=1S/C14H20OS/c1-4-12-5-7-13(8-6-12)14(15)9-10-16-11(2)3/h5-8,11H,4,9-10H2,1-3H3. The van der Waals surface area contributed by atoms with Crippen LogP contribution in [-0.2, 0) is 6.42 Å². The van der Waals surface area contributed by atoms with Crippen molar-refractivity contribution in [1.82, 2.24) is 0 Å². The zero-order valence-corrected chi connectivity index (χ0v) is 11.1. The molecule has 0 atom stereocenters. The molecule has 0 saturated carbocycles. The Morgan fingerprint density at radius 3 is 2.38 bits per heavy atom. The summed E-state index contributed by atoms with van der Waals surface area (Å²) in [6, 6.07) is 7.98. The van der Waals surface area contributed by atoms with Crippen LogP contribution in [0.25, 0.3) is 0 Å². The summed E-state index contributed by atoms with van der Waals surface area (Å²) in [5.41, 5.74) is 2.13. The van der Waals surface area contributed by atoms with Crippen molar-refractivity contribution in [2.24, 2.45) is 0 Å². The number of carbonyl (C=O) groups is 1. The van der Waals surface area contributed by atoms with Crippen LogP contribution in [0.2, 0.25) is 0 Å². The number of benzene rings is 1. The number of hydrogen-bond acceptors (Lipinski definition) is 2. The van der Waals surface area contributed by atoms with Crippen LogP contribution in [0.15, 0.2) is 24.3 Å². The largest absolute Gasteiger partial charge is 0.294 e. The molecule has 0 aliphatic rings. The summed E-state index contributed by atoms with van der Waals surface area (Å²) in [6.07, 6.45) is 1.67. The smallest absolute Gasteiger partial charge is 0.163 e. The first-order chi connectivity index (χ1) is 7.63. The number of rotatable bonds is 6. The van der Waals surface area contributed by atoms with E-state index < -0.39 is 0 Å². The second kappa shape index (κ2) is 6.74. The van der Waals surface area contributed by atoms with E-state index in [4.69, 9.17) is 0 Å². The van der Waals surface area contributed by atoms with Gasteiger partial charge < -0.3 is 0 Å². The van der Waals surface area contributed by atoms with Gasteiger partial charge in [-0.2, -0.15) is 11.8 Å². The molecule has 1 aromatic carbocycles. The number of thioether (sulfide) groups is 1. The first-order valence-electron chi connectivity index (χ1n) is 5.87. The lowest BCUT2D eigenvalue weighted by molar-refractivity contribution is 0.0989. The van der Waals surface area contributed by atoms with Crippen LogP contribution < -0.4 is 0 Å². The monoisotopic (exact) mass is 236 g/mol. The minimum absolute atomic E-state index is 0.260. The van der Waals surface area contributed by atoms with E-state index in [-0.39, 0.29) is 5.78 Å². The number of aryl methyl sites for hydroxylation is 1. The van der Waals surface area contributed by atoms with Gasteiger partial charge in [0.15, 0.2) is 5.78 Å². The Hall–Kier alpha value is -0.760. The summed E-state index contributed by atoms with van der Waals surface area (Å²) >= 11 is 1.84. The highest BCUT2D eigenvalue weighted by atomic mass is 32.2. The highest BCUT2D eigenvalue weighted by Crippen LogP contribution is 2.13. The van der Waals surface area contributed by atoms with Crippen molar-refractivity contribution in [2.75, 3.05) is 5.75 Å². The third-order valence-electron chi connectivity index (χ3n) is 2.46. The second-order valence-electron chi connectivity index (χ2n) is 4.14. The van der Waals surface area contributed by atoms with Crippen molar-refractivity contribution < 1.29 is 4.79 Å². The first-order valence-corrected chi connectivity index (χ1v) is 6.92. The van der Waals surface area contributed by atoms with E-state index in [2.05, 4.69) is 20.8 Å². The molecule has 0 heterocycles. The van der Waals surface area contributed by atoms with Crippen LogP contribution in [0.4, 0.5) is 0 Å². The molecule has 1 aromatic rings. The Bertz CT molecular complexity index is 327. The second-order valence-corrected chi connectivity index (χ2v) is 5.83. The number of carbonyl (C=O) groups excluding carboxylic acids is 1. The Kier molecular flexibility index (Phi) is 5.61. The molecule has 0 bridgehead atoms. The Morgan fingerprint density at radius 2 is 1.88 bits per heavy atom. The summed E-state index contributed by atoms with van der Waals surface area (Å²) in [7, 11) is 0. The average molecular weight is 236 g/mol. The van der Waals surface area contributed by atoms with E-state index in [1.165, 1.54) is 5.56 Å². The topological polar surface area (TPSA) is 17.1 Å². The van der Waals surface area contributed by atoms with Crippen LogP contribution in [0, 0.1) is 0 Å². The maximum Gasteiger partial charge on any atom is 0.163 e. The fraction of sp³-hybridized carbons (Fsp3) is 0.500. The van der Waals surface area contributed by atoms with E-state index in [1.807, 2.05) is 36.0 Å². The normalized spacial score (nSPS) is 10.8. The van der Waals surface area contributed by atoms with Gasteiger partial charge in [-0.15, -0.1) is 0 Å². The molecule has 0 fully saturated rings. The average Bonchev–Trinajstić information content (AvgIpc) is 2.28. The highest BCUT2D eigenvalue weighted by Gasteiger charge is 2.05. The predicted molar refractivity (Wildman–Crippen MR) is 72.4 cm³/mol. The molecule has 0 aliphatic carbocycles. The van der Waals surface area contributed by atoms with Gasteiger partial charge in [0.25, 0.3) is 0 Å². The van der Waals surface area contributed by atoms with E-state index in [0.717, 1.165) is 17.7 Å². The van der Waals surface area contributed by atoms with Gasteiger partial charge in [-0.3, -0.25) is 4.79 Å². The molecular weight excluding hydrogens is 216 g/mol. The molecule has 0 spiro atoms. The lowest BCUT2D eigenvalue weighted by atomic mass is 10.1. The van der Waals surface area contributed by atoms with Gasteiger partial charge in [-0.05, 0) is 17.2 Å². The minimum Gasteiger partial charge on any atom is -0.294 e. The number of ketones is 1. The van der Waals surface area contributed by atoms with E-state index in [0.29, 0.717) is 11.7 Å². The Balaban J connectivity index is 2.46. The van der Waals surface area contributed by atoms with Crippen molar-refractivity contribution in [3.05, 3.63) is 35.4 Å². The fourth-order valence-corrected chi connectivity index (χ4v) is 2.23. The van der Waals surface area contributed by atoms with Crippen LogP contribution in [0.3, 0.4) is 0 Å². The van der Waals surface area contributed by atoms with Gasteiger partial charge >= 0.3 is 0 Å². The molecule has 2 heteroatoms. The third kappa shape index (κ3) is 4.40. The Morgan fingerprint density at radius 1 is 1.25 bits per heavy atom. The van der Waals surface area contributed by atoms with Crippen molar-refractivity contribution in [1.29, 1.82) is 0 Å². The molecule has 0 aromatic heterocycles. The van der Waals surface area contributed by atoms with Crippen LogP contribution >= 0.6 is 11.8 Å². The molecule has 0 amide bonds. The van der Waals surface area contributed by atoms with E-state index >= 15 is 0 Å². The van der Waals surface area contributed by atoms with Gasteiger partial charge in [0.2, 0.25) is 0 Å². The molecule has 0 N–H and O–H groups in total. The first kappa shape index (κ1) is 13.3. The molecule has 16 heavy (non-hydrogen) atoms. The lowest BCUT2D eigenvalue weighted by Gasteiger charge is -2.04. The zero-order valence-electron chi connectivity index (χ0n) is 10.3. The van der Waals surface area contributed by atoms with E-state index in [9.17, 15) is 4.79 Å². The van der Waals surface area contributed by atoms with E-state index in [1.54, 1.807) is 0 Å². The zero-order chi connectivity index (χ0) is 12.0. The summed E-state index contributed by atoms with van der Waals surface area (Å²) in [5.74, 6) is 1.18. The van der Waals surface area contributed by atoms with Gasteiger partial charge in [-0.1, -0.05) is 45.0 Å². The van der Waals surface area contributed by atoms with Crippen LogP contribution in [0.5, 0.6) is 0 Å². The summed E-state index contributed by atoms with van der Waals surface area (Å²) in [6.45, 7) is 6.44.